The largest absolute Gasteiger partial charge is 0.506 e. The molecule has 102 valence electrons. The number of phenolic OH excluding ortho intramolecular Hbond substituents is 1. The normalized spacial score (nSPS) is 10.9. The number of aromatic hydroxyl groups is 1. The summed E-state index contributed by atoms with van der Waals surface area (Å²) in [5.41, 5.74) is 10.3. The fourth-order valence-electron chi connectivity index (χ4n) is 2.43. The first-order valence-electron chi connectivity index (χ1n) is 6.35. The van der Waals surface area contributed by atoms with Crippen LogP contribution in [0.15, 0.2) is 36.4 Å². The number of fused-ring (bicyclic) bond motifs is 1. The molecule has 1 aromatic heterocycles. The van der Waals surface area contributed by atoms with Crippen molar-refractivity contribution in [3.63, 3.8) is 0 Å². The number of aromatic amines is 1. The van der Waals surface area contributed by atoms with Crippen LogP contribution in [0.3, 0.4) is 0 Å². The summed E-state index contributed by atoms with van der Waals surface area (Å²) in [6, 6.07) is 11.2. The quantitative estimate of drug-likeness (QED) is 0.492. The number of methoxy groups -OCH3 is 1. The SMILES string of the molecule is COc1ccc2[nH]c(-c3ccc(O)c(N)c3)c(C)c2c1. The van der Waals surface area contributed by atoms with Crippen molar-refractivity contribution in [3.8, 4) is 22.8 Å². The first-order valence-corrected chi connectivity index (χ1v) is 6.35. The standard InChI is InChI=1S/C16H16N2O2/c1-9-12-8-11(20-2)4-5-14(12)18-16(9)10-3-6-15(19)13(17)7-10/h3-8,18-19H,17H2,1-2H3. The Bertz CT molecular complexity index is 791. The lowest BCUT2D eigenvalue weighted by atomic mass is 10.1. The van der Waals surface area contributed by atoms with E-state index in [1.54, 1.807) is 19.2 Å². The molecule has 0 saturated heterocycles. The molecule has 0 unspecified atom stereocenters. The van der Waals surface area contributed by atoms with Crippen LogP contribution in [0.2, 0.25) is 0 Å². The van der Waals surface area contributed by atoms with Crippen molar-refractivity contribution in [1.82, 2.24) is 4.98 Å². The van der Waals surface area contributed by atoms with E-state index in [-0.39, 0.29) is 5.75 Å². The molecule has 4 heteroatoms. The van der Waals surface area contributed by atoms with E-state index < -0.39 is 0 Å². The Hall–Kier alpha value is -2.62. The number of H-pyrrole nitrogens is 1. The summed E-state index contributed by atoms with van der Waals surface area (Å²) in [5.74, 6) is 0.931. The lowest BCUT2D eigenvalue weighted by Gasteiger charge is -2.04. The van der Waals surface area contributed by atoms with Crippen molar-refractivity contribution in [1.29, 1.82) is 0 Å². The molecule has 0 amide bonds. The van der Waals surface area contributed by atoms with E-state index in [0.29, 0.717) is 5.69 Å². The highest BCUT2D eigenvalue weighted by molar-refractivity contribution is 5.91. The van der Waals surface area contributed by atoms with Gasteiger partial charge >= 0.3 is 0 Å². The van der Waals surface area contributed by atoms with E-state index in [9.17, 15) is 5.11 Å². The summed E-state index contributed by atoms with van der Waals surface area (Å²) >= 11 is 0. The van der Waals surface area contributed by atoms with Gasteiger partial charge in [-0.2, -0.15) is 0 Å². The third-order valence-corrected chi connectivity index (χ3v) is 3.58. The van der Waals surface area contributed by atoms with Crippen LogP contribution in [-0.4, -0.2) is 17.2 Å². The van der Waals surface area contributed by atoms with E-state index in [1.807, 2.05) is 24.3 Å². The van der Waals surface area contributed by atoms with Crippen molar-refractivity contribution < 1.29 is 9.84 Å². The van der Waals surface area contributed by atoms with Crippen LogP contribution in [0.25, 0.3) is 22.2 Å². The first kappa shape index (κ1) is 12.4. The molecule has 2 aromatic carbocycles. The minimum Gasteiger partial charge on any atom is -0.506 e. The fourth-order valence-corrected chi connectivity index (χ4v) is 2.43. The Balaban J connectivity index is 2.21. The summed E-state index contributed by atoms with van der Waals surface area (Å²) in [7, 11) is 1.66. The maximum atomic E-state index is 9.52. The smallest absolute Gasteiger partial charge is 0.138 e. The van der Waals surface area contributed by atoms with Crippen LogP contribution >= 0.6 is 0 Å². The molecule has 3 rings (SSSR count). The van der Waals surface area contributed by atoms with Gasteiger partial charge in [-0.3, -0.25) is 0 Å². The summed E-state index contributed by atoms with van der Waals surface area (Å²) in [6.45, 7) is 2.05. The second-order valence-electron chi connectivity index (χ2n) is 4.81. The van der Waals surface area contributed by atoms with Crippen molar-refractivity contribution in [2.24, 2.45) is 0 Å². The first-order chi connectivity index (χ1) is 9.60. The monoisotopic (exact) mass is 268 g/mol. The number of aromatic nitrogens is 1. The van der Waals surface area contributed by atoms with Gasteiger partial charge in [0.15, 0.2) is 0 Å². The number of ether oxygens (including phenoxy) is 1. The highest BCUT2D eigenvalue weighted by Crippen LogP contribution is 2.34. The second kappa shape index (κ2) is 4.49. The molecule has 4 N–H and O–H groups in total. The van der Waals surface area contributed by atoms with E-state index in [0.717, 1.165) is 33.5 Å². The van der Waals surface area contributed by atoms with Gasteiger partial charge in [0.1, 0.15) is 11.5 Å². The summed E-state index contributed by atoms with van der Waals surface area (Å²) < 4.78 is 5.26. The number of hydrogen-bond acceptors (Lipinski definition) is 3. The van der Waals surface area contributed by atoms with Gasteiger partial charge in [-0.05, 0) is 48.9 Å². The van der Waals surface area contributed by atoms with E-state index >= 15 is 0 Å². The fraction of sp³-hybridized carbons (Fsp3) is 0.125. The van der Waals surface area contributed by atoms with Crippen LogP contribution < -0.4 is 10.5 Å². The molecule has 1 heterocycles. The highest BCUT2D eigenvalue weighted by Gasteiger charge is 2.11. The molecule has 4 nitrogen and oxygen atoms in total. The minimum atomic E-state index is 0.101. The van der Waals surface area contributed by atoms with Crippen LogP contribution in [0.1, 0.15) is 5.56 Å². The molecule has 0 saturated carbocycles. The Kier molecular flexibility index (Phi) is 2.79. The predicted octanol–water partition coefficient (Wildman–Crippen LogP) is 3.44. The van der Waals surface area contributed by atoms with Crippen molar-refractivity contribution in [2.45, 2.75) is 6.92 Å². The number of anilines is 1. The van der Waals surface area contributed by atoms with Crippen LogP contribution in [0.4, 0.5) is 5.69 Å². The average molecular weight is 268 g/mol. The number of benzene rings is 2. The van der Waals surface area contributed by atoms with Gasteiger partial charge in [-0.1, -0.05) is 0 Å². The lowest BCUT2D eigenvalue weighted by Crippen LogP contribution is -1.87. The van der Waals surface area contributed by atoms with Crippen molar-refractivity contribution in [2.75, 3.05) is 12.8 Å². The molecule has 0 fully saturated rings. The Morgan fingerprint density at radius 2 is 1.95 bits per heavy atom. The Morgan fingerprint density at radius 3 is 2.65 bits per heavy atom. The van der Waals surface area contributed by atoms with Gasteiger partial charge in [0.25, 0.3) is 0 Å². The number of phenols is 1. The zero-order valence-corrected chi connectivity index (χ0v) is 11.4. The number of nitrogen functional groups attached to an aromatic ring is 1. The molecule has 3 aromatic rings. The van der Waals surface area contributed by atoms with Gasteiger partial charge < -0.3 is 20.6 Å². The summed E-state index contributed by atoms with van der Waals surface area (Å²) in [4.78, 5) is 3.39. The number of hydrogen-bond donors (Lipinski definition) is 3. The maximum absolute atomic E-state index is 9.52. The van der Waals surface area contributed by atoms with Gasteiger partial charge in [0.05, 0.1) is 12.8 Å². The summed E-state index contributed by atoms with van der Waals surface area (Å²) in [6.07, 6.45) is 0. The van der Waals surface area contributed by atoms with E-state index in [2.05, 4.69) is 11.9 Å². The Morgan fingerprint density at radius 1 is 1.15 bits per heavy atom. The van der Waals surface area contributed by atoms with Gasteiger partial charge in [0.2, 0.25) is 0 Å². The molecule has 0 aliphatic carbocycles. The molecule has 0 aliphatic heterocycles. The minimum absolute atomic E-state index is 0.101. The third-order valence-electron chi connectivity index (χ3n) is 3.58. The molecule has 0 atom stereocenters. The van der Waals surface area contributed by atoms with Crippen LogP contribution in [-0.2, 0) is 0 Å². The molecular weight excluding hydrogens is 252 g/mol. The third kappa shape index (κ3) is 1.86. The molecular formula is C16H16N2O2. The van der Waals surface area contributed by atoms with Crippen LogP contribution in [0.5, 0.6) is 11.5 Å². The number of nitrogens with one attached hydrogen (secondary N) is 1. The molecule has 0 spiro atoms. The van der Waals surface area contributed by atoms with Crippen molar-refractivity contribution >= 4 is 16.6 Å². The summed E-state index contributed by atoms with van der Waals surface area (Å²) in [5, 5.41) is 10.6. The molecule has 0 bridgehead atoms. The molecule has 0 aliphatic rings. The number of nitrogens with two attached hydrogens (primary N) is 1. The predicted molar refractivity (Wildman–Crippen MR) is 81.1 cm³/mol. The topological polar surface area (TPSA) is 71.3 Å². The van der Waals surface area contributed by atoms with Gasteiger partial charge in [-0.15, -0.1) is 0 Å². The number of aryl methyl sites for hydroxylation is 1. The Labute approximate surface area is 116 Å². The zero-order chi connectivity index (χ0) is 14.3. The van der Waals surface area contributed by atoms with E-state index in [4.69, 9.17) is 10.5 Å². The molecule has 0 radical (unpaired) electrons. The maximum Gasteiger partial charge on any atom is 0.138 e. The highest BCUT2D eigenvalue weighted by atomic mass is 16.5. The van der Waals surface area contributed by atoms with Gasteiger partial charge in [0, 0.05) is 22.2 Å². The second-order valence-corrected chi connectivity index (χ2v) is 4.81. The zero-order valence-electron chi connectivity index (χ0n) is 11.4. The van der Waals surface area contributed by atoms with Gasteiger partial charge in [-0.25, -0.2) is 0 Å². The average Bonchev–Trinajstić information content (AvgIpc) is 2.79. The lowest BCUT2D eigenvalue weighted by molar-refractivity contribution is 0.415. The van der Waals surface area contributed by atoms with Crippen molar-refractivity contribution in [3.05, 3.63) is 42.0 Å². The molecule has 20 heavy (non-hydrogen) atoms. The van der Waals surface area contributed by atoms with Crippen LogP contribution in [0, 0.1) is 6.92 Å². The van der Waals surface area contributed by atoms with E-state index in [1.165, 1.54) is 0 Å². The number of rotatable bonds is 2.